The van der Waals surface area contributed by atoms with Crippen LogP contribution in [0.2, 0.25) is 0 Å². The summed E-state index contributed by atoms with van der Waals surface area (Å²) in [6.07, 6.45) is 1.87. The second-order valence-corrected chi connectivity index (χ2v) is 10.2. The molecule has 0 bridgehead atoms. The molecule has 0 radical (unpaired) electrons. The quantitative estimate of drug-likeness (QED) is 0.668. The molecular weight excluding hydrogens is 444 g/mol. The Bertz CT molecular complexity index is 537. The minimum Gasteiger partial charge on any atom is -0.444 e. The van der Waals surface area contributed by atoms with Crippen LogP contribution in [0.1, 0.15) is 45.4 Å². The highest BCUT2D eigenvalue weighted by molar-refractivity contribution is 9.13. The molecule has 1 aromatic heterocycles. The smallest absolute Gasteiger partial charge is 0.410 e. The predicted octanol–water partition coefficient (Wildman–Crippen LogP) is 5.15. The number of nitrogens with one attached hydrogen (secondary N) is 1. The van der Waals surface area contributed by atoms with Crippen molar-refractivity contribution in [3.05, 3.63) is 19.2 Å². The fourth-order valence-corrected chi connectivity index (χ4v) is 4.83. The zero-order valence-electron chi connectivity index (χ0n) is 14.0. The van der Waals surface area contributed by atoms with E-state index in [1.807, 2.05) is 25.7 Å². The van der Waals surface area contributed by atoms with Crippen LogP contribution in [-0.2, 0) is 11.3 Å². The first-order valence-corrected chi connectivity index (χ1v) is 10.2. The van der Waals surface area contributed by atoms with Gasteiger partial charge in [0.05, 0.1) is 3.79 Å². The summed E-state index contributed by atoms with van der Waals surface area (Å²) in [5.41, 5.74) is -0.452. The minimum atomic E-state index is -0.452. The SMILES string of the molecule is CC1C(NCc2cc(Br)c(Br)s2)CCCN1C(=O)OC(C)(C)C. The van der Waals surface area contributed by atoms with Crippen molar-refractivity contribution < 1.29 is 9.53 Å². The number of hydrogen-bond acceptors (Lipinski definition) is 4. The topological polar surface area (TPSA) is 41.6 Å². The fraction of sp³-hybridized carbons (Fsp3) is 0.688. The Morgan fingerprint density at radius 1 is 1.48 bits per heavy atom. The number of halogens is 2. The number of carbonyl (C=O) groups excluding carboxylic acids is 1. The van der Waals surface area contributed by atoms with Crippen LogP contribution >= 0.6 is 43.2 Å². The average Bonchev–Trinajstić information content (AvgIpc) is 2.74. The van der Waals surface area contributed by atoms with Gasteiger partial charge in [0, 0.05) is 34.5 Å². The number of nitrogens with zero attached hydrogens (tertiary/aromatic N) is 1. The lowest BCUT2D eigenvalue weighted by Gasteiger charge is -2.40. The normalized spacial score (nSPS) is 22.3. The molecule has 1 fully saturated rings. The molecule has 1 aliphatic rings. The van der Waals surface area contributed by atoms with Crippen molar-refractivity contribution in [2.24, 2.45) is 0 Å². The van der Waals surface area contributed by atoms with Gasteiger partial charge in [0.2, 0.25) is 0 Å². The van der Waals surface area contributed by atoms with E-state index in [1.165, 1.54) is 4.88 Å². The molecule has 7 heteroatoms. The molecule has 4 nitrogen and oxygen atoms in total. The molecule has 130 valence electrons. The molecule has 0 saturated carbocycles. The first-order chi connectivity index (χ1) is 10.7. The van der Waals surface area contributed by atoms with Crippen molar-refractivity contribution in [3.8, 4) is 0 Å². The maximum absolute atomic E-state index is 12.4. The maximum Gasteiger partial charge on any atom is 0.410 e. The molecule has 23 heavy (non-hydrogen) atoms. The largest absolute Gasteiger partial charge is 0.444 e. The molecule has 2 heterocycles. The van der Waals surface area contributed by atoms with Gasteiger partial charge in [-0.05, 0) is 78.5 Å². The Hall–Kier alpha value is -0.110. The summed E-state index contributed by atoms with van der Waals surface area (Å²) in [6.45, 7) is 9.39. The van der Waals surface area contributed by atoms with Gasteiger partial charge < -0.3 is 15.0 Å². The maximum atomic E-state index is 12.4. The van der Waals surface area contributed by atoms with E-state index >= 15 is 0 Å². The van der Waals surface area contributed by atoms with E-state index in [4.69, 9.17) is 4.74 Å². The third kappa shape index (κ3) is 5.44. The van der Waals surface area contributed by atoms with Crippen LogP contribution < -0.4 is 5.32 Å². The number of piperidine rings is 1. The van der Waals surface area contributed by atoms with E-state index in [0.717, 1.165) is 34.2 Å². The van der Waals surface area contributed by atoms with Crippen molar-refractivity contribution in [2.45, 2.75) is 64.8 Å². The van der Waals surface area contributed by atoms with Crippen LogP contribution in [0.4, 0.5) is 4.79 Å². The molecule has 1 aliphatic heterocycles. The molecule has 2 unspecified atom stereocenters. The molecular formula is C16H24Br2N2O2S. The van der Waals surface area contributed by atoms with Crippen molar-refractivity contribution in [3.63, 3.8) is 0 Å². The lowest BCUT2D eigenvalue weighted by Crippen LogP contribution is -2.55. The summed E-state index contributed by atoms with van der Waals surface area (Å²) in [5.74, 6) is 0. The second-order valence-electron chi connectivity index (χ2n) is 6.88. The number of carbonyl (C=O) groups is 1. The van der Waals surface area contributed by atoms with E-state index in [9.17, 15) is 4.79 Å². The van der Waals surface area contributed by atoms with Crippen molar-refractivity contribution >= 4 is 49.3 Å². The number of rotatable bonds is 3. The fourth-order valence-electron chi connectivity index (χ4n) is 2.70. The summed E-state index contributed by atoms with van der Waals surface area (Å²) in [7, 11) is 0. The summed E-state index contributed by atoms with van der Waals surface area (Å²) in [4.78, 5) is 15.5. The summed E-state index contributed by atoms with van der Waals surface area (Å²) in [6, 6.07) is 2.54. The van der Waals surface area contributed by atoms with E-state index in [-0.39, 0.29) is 18.2 Å². The zero-order chi connectivity index (χ0) is 17.2. The molecule has 1 amide bonds. The summed E-state index contributed by atoms with van der Waals surface area (Å²) < 4.78 is 7.73. The second kappa shape index (κ2) is 7.85. The molecule has 0 aromatic carbocycles. The highest BCUT2D eigenvalue weighted by Gasteiger charge is 2.33. The lowest BCUT2D eigenvalue weighted by molar-refractivity contribution is 0.00700. The van der Waals surface area contributed by atoms with Gasteiger partial charge in [-0.3, -0.25) is 0 Å². The van der Waals surface area contributed by atoms with Gasteiger partial charge in [-0.2, -0.15) is 0 Å². The predicted molar refractivity (Wildman–Crippen MR) is 102 cm³/mol. The van der Waals surface area contributed by atoms with Crippen LogP contribution in [0, 0.1) is 0 Å². The average molecular weight is 468 g/mol. The Kier molecular flexibility index (Phi) is 6.56. The van der Waals surface area contributed by atoms with Gasteiger partial charge >= 0.3 is 6.09 Å². The van der Waals surface area contributed by atoms with Crippen molar-refractivity contribution in [1.82, 2.24) is 10.2 Å². The molecule has 1 N–H and O–H groups in total. The molecule has 2 rings (SSSR count). The number of amides is 1. The number of thiophene rings is 1. The number of ether oxygens (including phenoxy) is 1. The van der Waals surface area contributed by atoms with E-state index < -0.39 is 5.60 Å². The molecule has 2 atom stereocenters. The van der Waals surface area contributed by atoms with Gasteiger partial charge in [0.25, 0.3) is 0 Å². The molecule has 1 aromatic rings. The van der Waals surface area contributed by atoms with E-state index in [2.05, 4.69) is 50.2 Å². The van der Waals surface area contributed by atoms with Crippen molar-refractivity contribution in [1.29, 1.82) is 0 Å². The van der Waals surface area contributed by atoms with Gasteiger partial charge in [0.15, 0.2) is 0 Å². The third-order valence-electron chi connectivity index (χ3n) is 3.85. The molecule has 1 saturated heterocycles. The highest BCUT2D eigenvalue weighted by Crippen LogP contribution is 2.32. The van der Waals surface area contributed by atoms with Crippen LogP contribution in [0.5, 0.6) is 0 Å². The first-order valence-electron chi connectivity index (χ1n) is 7.84. The zero-order valence-corrected chi connectivity index (χ0v) is 18.0. The monoisotopic (exact) mass is 466 g/mol. The van der Waals surface area contributed by atoms with E-state index in [0.29, 0.717) is 0 Å². The minimum absolute atomic E-state index is 0.130. The standard InChI is InChI=1S/C16H24Br2N2O2S/c1-10-13(19-9-11-8-12(17)14(18)23-11)6-5-7-20(10)15(21)22-16(2,3)4/h8,10,13,19H,5-7,9H2,1-4H3. The van der Waals surface area contributed by atoms with Gasteiger partial charge in [-0.25, -0.2) is 4.79 Å². The van der Waals surface area contributed by atoms with Crippen LogP contribution in [0.15, 0.2) is 14.3 Å². The van der Waals surface area contributed by atoms with Crippen LogP contribution in [-0.4, -0.2) is 35.2 Å². The van der Waals surface area contributed by atoms with Gasteiger partial charge in [0.1, 0.15) is 5.60 Å². The molecule has 0 aliphatic carbocycles. The highest BCUT2D eigenvalue weighted by atomic mass is 79.9. The van der Waals surface area contributed by atoms with E-state index in [1.54, 1.807) is 11.3 Å². The lowest BCUT2D eigenvalue weighted by atomic mass is 9.98. The Labute approximate surface area is 159 Å². The van der Waals surface area contributed by atoms with Gasteiger partial charge in [-0.15, -0.1) is 11.3 Å². The Morgan fingerprint density at radius 3 is 2.74 bits per heavy atom. The number of likely N-dealkylation sites (tertiary alicyclic amines) is 1. The van der Waals surface area contributed by atoms with Gasteiger partial charge in [-0.1, -0.05) is 0 Å². The summed E-state index contributed by atoms with van der Waals surface area (Å²) in [5, 5.41) is 3.60. The van der Waals surface area contributed by atoms with Crippen molar-refractivity contribution in [2.75, 3.05) is 6.54 Å². The Balaban J connectivity index is 1.93. The van der Waals surface area contributed by atoms with Crippen LogP contribution in [0.3, 0.4) is 0 Å². The van der Waals surface area contributed by atoms with Crippen LogP contribution in [0.25, 0.3) is 0 Å². The third-order valence-corrected chi connectivity index (χ3v) is 7.11. The summed E-state index contributed by atoms with van der Waals surface area (Å²) >= 11 is 8.76. The Morgan fingerprint density at radius 2 is 2.17 bits per heavy atom. The number of hydrogen-bond donors (Lipinski definition) is 1. The first kappa shape index (κ1) is 19.2. The molecule has 0 spiro atoms.